The summed E-state index contributed by atoms with van der Waals surface area (Å²) in [7, 11) is -3.53. The lowest BCUT2D eigenvalue weighted by molar-refractivity contribution is 0.0955. The lowest BCUT2D eigenvalue weighted by atomic mass is 10.0. The van der Waals surface area contributed by atoms with E-state index in [1.165, 1.54) is 12.1 Å². The van der Waals surface area contributed by atoms with Crippen LogP contribution in [0.4, 0.5) is 4.39 Å². The molecule has 21 heavy (non-hydrogen) atoms. The largest absolute Gasteiger partial charge is 0.352 e. The molecule has 0 atom stereocenters. The maximum atomic E-state index is 13.7. The molecule has 0 bridgehead atoms. The van der Waals surface area contributed by atoms with Gasteiger partial charge in [0.25, 0.3) is 5.91 Å². The molecule has 2 aromatic carbocycles. The molecule has 0 spiro atoms. The lowest BCUT2D eigenvalue weighted by Gasteiger charge is -2.08. The number of sulfonamides is 1. The Kier molecular flexibility index (Phi) is 4.54. The Labute approximate surface area is 122 Å². The second kappa shape index (κ2) is 6.19. The fraction of sp³-hybridized carbons (Fsp3) is 0.214. The predicted octanol–water partition coefficient (Wildman–Crippen LogP) is 1.39. The highest BCUT2D eigenvalue weighted by atomic mass is 32.2. The van der Waals surface area contributed by atoms with Gasteiger partial charge in [-0.3, -0.25) is 4.79 Å². The molecule has 0 saturated heterocycles. The minimum Gasteiger partial charge on any atom is -0.352 e. The molecule has 0 radical (unpaired) electrons. The molecule has 0 fully saturated rings. The molecule has 3 N–H and O–H groups in total. The first-order chi connectivity index (χ1) is 9.88. The molecule has 112 valence electrons. The Morgan fingerprint density at radius 3 is 2.48 bits per heavy atom. The second-order valence-corrected chi connectivity index (χ2v) is 6.35. The van der Waals surface area contributed by atoms with E-state index in [0.29, 0.717) is 16.3 Å². The number of nitrogens with two attached hydrogens (primary N) is 1. The SMILES string of the molecule is NS(=O)(=O)CCCNC(=O)c1ccc(F)c2ccccc12. The van der Waals surface area contributed by atoms with Gasteiger partial charge < -0.3 is 5.32 Å². The molecule has 0 aliphatic carbocycles. The van der Waals surface area contributed by atoms with E-state index >= 15 is 0 Å². The van der Waals surface area contributed by atoms with Crippen molar-refractivity contribution in [3.05, 3.63) is 47.8 Å². The number of hydrogen-bond donors (Lipinski definition) is 2. The molecule has 0 saturated carbocycles. The van der Waals surface area contributed by atoms with Gasteiger partial charge in [0.15, 0.2) is 0 Å². The van der Waals surface area contributed by atoms with Crippen LogP contribution in [0.1, 0.15) is 16.8 Å². The van der Waals surface area contributed by atoms with Gasteiger partial charge in [-0.05, 0) is 23.9 Å². The molecular weight excluding hydrogens is 295 g/mol. The third-order valence-corrected chi connectivity index (χ3v) is 3.86. The van der Waals surface area contributed by atoms with Crippen LogP contribution in [-0.2, 0) is 10.0 Å². The maximum Gasteiger partial charge on any atom is 0.251 e. The number of halogens is 1. The smallest absolute Gasteiger partial charge is 0.251 e. The molecule has 0 aliphatic heterocycles. The number of carbonyl (C=O) groups excluding carboxylic acids is 1. The van der Waals surface area contributed by atoms with Crippen LogP contribution in [0.5, 0.6) is 0 Å². The highest BCUT2D eigenvalue weighted by molar-refractivity contribution is 7.89. The molecular formula is C14H15FN2O3S. The number of carbonyl (C=O) groups is 1. The van der Waals surface area contributed by atoms with Gasteiger partial charge in [-0.15, -0.1) is 0 Å². The second-order valence-electron chi connectivity index (χ2n) is 4.62. The molecule has 0 aromatic heterocycles. The quantitative estimate of drug-likeness (QED) is 0.818. The Morgan fingerprint density at radius 1 is 1.14 bits per heavy atom. The number of benzene rings is 2. The summed E-state index contributed by atoms with van der Waals surface area (Å²) in [6.45, 7) is 0.182. The van der Waals surface area contributed by atoms with Crippen LogP contribution >= 0.6 is 0 Å². The fourth-order valence-electron chi connectivity index (χ4n) is 2.03. The minimum absolute atomic E-state index is 0.182. The van der Waals surface area contributed by atoms with Gasteiger partial charge in [-0.2, -0.15) is 0 Å². The van der Waals surface area contributed by atoms with Crippen LogP contribution in [-0.4, -0.2) is 26.6 Å². The summed E-state index contributed by atoms with van der Waals surface area (Å²) in [6.07, 6.45) is 0.226. The topological polar surface area (TPSA) is 89.3 Å². The Morgan fingerprint density at radius 2 is 1.81 bits per heavy atom. The van der Waals surface area contributed by atoms with Crippen LogP contribution in [0.15, 0.2) is 36.4 Å². The van der Waals surface area contributed by atoms with E-state index < -0.39 is 15.8 Å². The Bertz CT molecular complexity index is 775. The van der Waals surface area contributed by atoms with Crippen molar-refractivity contribution in [1.82, 2.24) is 5.32 Å². The number of fused-ring (bicyclic) bond motifs is 1. The summed E-state index contributed by atoms with van der Waals surface area (Å²) in [5.74, 6) is -0.964. The van der Waals surface area contributed by atoms with Crippen molar-refractivity contribution in [3.8, 4) is 0 Å². The zero-order valence-corrected chi connectivity index (χ0v) is 12.0. The summed E-state index contributed by atoms with van der Waals surface area (Å²) in [5, 5.41) is 8.36. The summed E-state index contributed by atoms with van der Waals surface area (Å²) in [4.78, 5) is 12.1. The first kappa shape index (κ1) is 15.4. The van der Waals surface area contributed by atoms with Crippen molar-refractivity contribution in [2.45, 2.75) is 6.42 Å². The molecule has 0 aliphatic rings. The first-order valence-corrected chi connectivity index (χ1v) is 8.06. The van der Waals surface area contributed by atoms with Gasteiger partial charge in [0.2, 0.25) is 10.0 Å². The molecule has 0 heterocycles. The summed E-state index contributed by atoms with van der Waals surface area (Å²) >= 11 is 0. The van der Waals surface area contributed by atoms with E-state index in [4.69, 9.17) is 5.14 Å². The number of primary sulfonamides is 1. The standard InChI is InChI=1S/C14H15FN2O3S/c15-13-7-6-12(10-4-1-2-5-11(10)13)14(18)17-8-3-9-21(16,19)20/h1-2,4-7H,3,8-9H2,(H,17,18)(H2,16,19,20). The van der Waals surface area contributed by atoms with E-state index in [9.17, 15) is 17.6 Å². The number of nitrogens with one attached hydrogen (secondary N) is 1. The van der Waals surface area contributed by atoms with Gasteiger partial charge >= 0.3 is 0 Å². The Hall–Kier alpha value is -1.99. The molecule has 7 heteroatoms. The number of rotatable bonds is 5. The number of amides is 1. The van der Waals surface area contributed by atoms with Crippen LogP contribution in [0.25, 0.3) is 10.8 Å². The normalized spacial score (nSPS) is 11.5. The zero-order valence-electron chi connectivity index (χ0n) is 11.2. The molecule has 1 amide bonds. The molecule has 2 rings (SSSR count). The van der Waals surface area contributed by atoms with Crippen molar-refractivity contribution >= 4 is 26.7 Å². The molecule has 0 unspecified atom stereocenters. The van der Waals surface area contributed by atoms with Crippen LogP contribution in [0.3, 0.4) is 0 Å². The molecule has 5 nitrogen and oxygen atoms in total. The summed E-state index contributed by atoms with van der Waals surface area (Å²) < 4.78 is 35.2. The predicted molar refractivity (Wildman–Crippen MR) is 78.8 cm³/mol. The van der Waals surface area contributed by atoms with Gasteiger partial charge in [-0.1, -0.05) is 24.3 Å². The minimum atomic E-state index is -3.53. The van der Waals surface area contributed by atoms with E-state index in [1.54, 1.807) is 24.3 Å². The van der Waals surface area contributed by atoms with Crippen molar-refractivity contribution < 1.29 is 17.6 Å². The van der Waals surface area contributed by atoms with Gasteiger partial charge in [-0.25, -0.2) is 17.9 Å². The third kappa shape index (κ3) is 3.99. The van der Waals surface area contributed by atoms with Crippen LogP contribution < -0.4 is 10.5 Å². The lowest BCUT2D eigenvalue weighted by Crippen LogP contribution is -2.27. The monoisotopic (exact) mass is 310 g/mol. The van der Waals surface area contributed by atoms with E-state index in [-0.39, 0.29) is 24.6 Å². The highest BCUT2D eigenvalue weighted by Gasteiger charge is 2.12. The van der Waals surface area contributed by atoms with E-state index in [1.807, 2.05) is 0 Å². The van der Waals surface area contributed by atoms with Crippen molar-refractivity contribution in [2.24, 2.45) is 5.14 Å². The average Bonchev–Trinajstić information content (AvgIpc) is 2.43. The molecule has 2 aromatic rings. The fourth-order valence-corrected chi connectivity index (χ4v) is 2.58. The van der Waals surface area contributed by atoms with Crippen molar-refractivity contribution in [3.63, 3.8) is 0 Å². The van der Waals surface area contributed by atoms with Crippen LogP contribution in [0.2, 0.25) is 0 Å². The maximum absolute atomic E-state index is 13.7. The van der Waals surface area contributed by atoms with Gasteiger partial charge in [0, 0.05) is 17.5 Å². The Balaban J connectivity index is 2.12. The van der Waals surface area contributed by atoms with Crippen molar-refractivity contribution in [2.75, 3.05) is 12.3 Å². The van der Waals surface area contributed by atoms with E-state index in [0.717, 1.165) is 0 Å². The van der Waals surface area contributed by atoms with Gasteiger partial charge in [0.1, 0.15) is 5.82 Å². The number of hydrogen-bond acceptors (Lipinski definition) is 3. The average molecular weight is 310 g/mol. The van der Waals surface area contributed by atoms with Crippen LogP contribution in [0, 0.1) is 5.82 Å². The van der Waals surface area contributed by atoms with Gasteiger partial charge in [0.05, 0.1) is 5.75 Å². The third-order valence-electron chi connectivity index (χ3n) is 3.01. The van der Waals surface area contributed by atoms with Crippen molar-refractivity contribution in [1.29, 1.82) is 0 Å². The zero-order chi connectivity index (χ0) is 15.5. The first-order valence-electron chi connectivity index (χ1n) is 6.34. The summed E-state index contributed by atoms with van der Waals surface area (Å²) in [6, 6.07) is 9.33. The summed E-state index contributed by atoms with van der Waals surface area (Å²) in [5.41, 5.74) is 0.350. The van der Waals surface area contributed by atoms with E-state index in [2.05, 4.69) is 5.32 Å². The highest BCUT2D eigenvalue weighted by Crippen LogP contribution is 2.21.